The van der Waals surface area contributed by atoms with Gasteiger partial charge in [0.25, 0.3) is 10.0 Å². The van der Waals surface area contributed by atoms with Gasteiger partial charge in [0.2, 0.25) is 0 Å². The second-order valence-electron chi connectivity index (χ2n) is 4.72. The molecule has 1 aromatic rings. The number of halogens is 1. The third-order valence-corrected chi connectivity index (χ3v) is 6.66. The molecule has 0 spiro atoms. The molecule has 7 nitrogen and oxygen atoms in total. The monoisotopic (exact) mass is 484 g/mol. The highest BCUT2D eigenvalue weighted by Crippen LogP contribution is 2.25. The first-order valence-corrected chi connectivity index (χ1v) is 9.38. The van der Waals surface area contributed by atoms with Crippen LogP contribution in [-0.2, 0) is 21.3 Å². The summed E-state index contributed by atoms with van der Waals surface area (Å²) in [6.07, 6.45) is 5.19. The molecule has 0 amide bonds. The smallest absolute Gasteiger partial charge is 0.252 e. The first kappa shape index (κ1) is 21.2. The van der Waals surface area contributed by atoms with E-state index in [9.17, 15) is 8.42 Å². The summed E-state index contributed by atoms with van der Waals surface area (Å²) in [5.41, 5.74) is 0. The molecule has 10 heteroatoms. The van der Waals surface area contributed by atoms with E-state index in [-0.39, 0.29) is 24.0 Å². The van der Waals surface area contributed by atoms with Gasteiger partial charge in [0.05, 0.1) is 26.3 Å². The molecule has 0 saturated carbocycles. The molecule has 0 bridgehead atoms. The predicted molar refractivity (Wildman–Crippen MR) is 106 cm³/mol. The first-order valence-electron chi connectivity index (χ1n) is 7.12. The number of sulfonamides is 1. The Morgan fingerprint density at radius 1 is 1.42 bits per heavy atom. The highest BCUT2D eigenvalue weighted by molar-refractivity contribution is 14.0. The van der Waals surface area contributed by atoms with Crippen molar-refractivity contribution in [2.45, 2.75) is 10.8 Å². The summed E-state index contributed by atoms with van der Waals surface area (Å²) >= 11 is 1.25. The number of nitrogens with zero attached hydrogens (tertiary/aromatic N) is 2. The molecule has 1 aromatic heterocycles. The van der Waals surface area contributed by atoms with Crippen molar-refractivity contribution in [2.75, 3.05) is 39.9 Å². The van der Waals surface area contributed by atoms with Crippen LogP contribution in [-0.4, -0.2) is 58.6 Å². The van der Waals surface area contributed by atoms with Crippen LogP contribution in [0.5, 0.6) is 0 Å². The van der Waals surface area contributed by atoms with Gasteiger partial charge in [-0.25, -0.2) is 8.42 Å². The number of guanidine groups is 1. The van der Waals surface area contributed by atoms with Gasteiger partial charge in [-0.1, -0.05) is 5.92 Å². The average molecular weight is 484 g/mol. The Balaban J connectivity index is 0.00000288. The minimum absolute atomic E-state index is 0. The maximum atomic E-state index is 12.5. The molecule has 0 unspecified atom stereocenters. The Labute approximate surface area is 163 Å². The van der Waals surface area contributed by atoms with Crippen molar-refractivity contribution in [1.82, 2.24) is 14.9 Å². The molecule has 2 heterocycles. The van der Waals surface area contributed by atoms with Crippen LogP contribution < -0.4 is 10.6 Å². The van der Waals surface area contributed by atoms with Crippen molar-refractivity contribution in [1.29, 1.82) is 0 Å². The summed E-state index contributed by atoms with van der Waals surface area (Å²) in [6.45, 7) is 2.54. The van der Waals surface area contributed by atoms with E-state index < -0.39 is 10.0 Å². The molecule has 0 aliphatic carbocycles. The summed E-state index contributed by atoms with van der Waals surface area (Å²) in [5, 5.41) is 6.04. The van der Waals surface area contributed by atoms with Gasteiger partial charge in [0.1, 0.15) is 4.21 Å². The molecule has 0 aromatic carbocycles. The van der Waals surface area contributed by atoms with Gasteiger partial charge >= 0.3 is 0 Å². The van der Waals surface area contributed by atoms with Gasteiger partial charge in [-0.15, -0.1) is 41.7 Å². The van der Waals surface area contributed by atoms with E-state index in [2.05, 4.69) is 21.5 Å². The number of rotatable bonds is 5. The van der Waals surface area contributed by atoms with Gasteiger partial charge in [-0.2, -0.15) is 4.31 Å². The standard InChI is InChI=1S/C14H20N4O3S2.HI/c1-3-6-16-14(15-2)17-11-12-4-5-13(22-12)23(19,20)18-7-9-21-10-8-18;/h1,4-5H,6-11H2,2H3,(H2,15,16,17);1H. The molecule has 134 valence electrons. The van der Waals surface area contributed by atoms with Crippen LogP contribution in [0.15, 0.2) is 21.3 Å². The van der Waals surface area contributed by atoms with Crippen molar-refractivity contribution in [3.05, 3.63) is 17.0 Å². The molecular weight excluding hydrogens is 463 g/mol. The summed E-state index contributed by atoms with van der Waals surface area (Å²) in [7, 11) is -1.78. The third-order valence-electron chi connectivity index (χ3n) is 3.21. The highest BCUT2D eigenvalue weighted by Gasteiger charge is 2.27. The Morgan fingerprint density at radius 3 is 2.75 bits per heavy atom. The lowest BCUT2D eigenvalue weighted by Crippen LogP contribution is -2.40. The first-order chi connectivity index (χ1) is 11.1. The van der Waals surface area contributed by atoms with E-state index >= 15 is 0 Å². The van der Waals surface area contributed by atoms with E-state index in [1.54, 1.807) is 19.2 Å². The fourth-order valence-electron chi connectivity index (χ4n) is 2.03. The van der Waals surface area contributed by atoms with Crippen molar-refractivity contribution in [3.8, 4) is 12.3 Å². The number of aliphatic imine (C=N–C) groups is 1. The average Bonchev–Trinajstić information content (AvgIpc) is 3.06. The zero-order valence-electron chi connectivity index (χ0n) is 13.3. The van der Waals surface area contributed by atoms with Crippen LogP contribution in [0.1, 0.15) is 4.88 Å². The predicted octanol–water partition coefficient (Wildman–Crippen LogP) is 0.685. The zero-order valence-corrected chi connectivity index (χ0v) is 17.3. The maximum absolute atomic E-state index is 12.5. The molecular formula is C14H21IN4O3S2. The van der Waals surface area contributed by atoms with Crippen LogP contribution >= 0.6 is 35.3 Å². The van der Waals surface area contributed by atoms with E-state index in [0.29, 0.717) is 49.6 Å². The van der Waals surface area contributed by atoms with Gasteiger partial charge in [0.15, 0.2) is 5.96 Å². The van der Waals surface area contributed by atoms with Gasteiger partial charge < -0.3 is 15.4 Å². The van der Waals surface area contributed by atoms with Crippen molar-refractivity contribution < 1.29 is 13.2 Å². The summed E-state index contributed by atoms with van der Waals surface area (Å²) < 4.78 is 32.1. The summed E-state index contributed by atoms with van der Waals surface area (Å²) in [5.74, 6) is 3.04. The molecule has 1 aliphatic rings. The lowest BCUT2D eigenvalue weighted by atomic mass is 10.4. The molecule has 2 rings (SSSR count). The van der Waals surface area contributed by atoms with Crippen LogP contribution in [0.3, 0.4) is 0 Å². The fourth-order valence-corrected chi connectivity index (χ4v) is 4.89. The molecule has 2 N–H and O–H groups in total. The number of thiophene rings is 1. The lowest BCUT2D eigenvalue weighted by molar-refractivity contribution is 0.0731. The van der Waals surface area contributed by atoms with Crippen molar-refractivity contribution in [3.63, 3.8) is 0 Å². The fraction of sp³-hybridized carbons (Fsp3) is 0.500. The minimum Gasteiger partial charge on any atom is -0.379 e. The van der Waals surface area contributed by atoms with Crippen LogP contribution in [0.4, 0.5) is 0 Å². The van der Waals surface area contributed by atoms with E-state index in [1.807, 2.05) is 0 Å². The maximum Gasteiger partial charge on any atom is 0.252 e. The second-order valence-corrected chi connectivity index (χ2v) is 8.05. The van der Waals surface area contributed by atoms with E-state index in [0.717, 1.165) is 4.88 Å². The molecule has 1 aliphatic heterocycles. The number of ether oxygens (including phenoxy) is 1. The van der Waals surface area contributed by atoms with Gasteiger partial charge in [0, 0.05) is 25.0 Å². The van der Waals surface area contributed by atoms with E-state index in [1.165, 1.54) is 15.6 Å². The topological polar surface area (TPSA) is 83.0 Å². The van der Waals surface area contributed by atoms with Gasteiger partial charge in [-0.05, 0) is 12.1 Å². The van der Waals surface area contributed by atoms with Crippen molar-refractivity contribution >= 4 is 51.3 Å². The van der Waals surface area contributed by atoms with E-state index in [4.69, 9.17) is 11.2 Å². The summed E-state index contributed by atoms with van der Waals surface area (Å²) in [6, 6.07) is 3.45. The Kier molecular flexibility index (Phi) is 8.99. The normalized spacial score (nSPS) is 16.1. The Bertz CT molecular complexity index is 691. The summed E-state index contributed by atoms with van der Waals surface area (Å²) in [4.78, 5) is 4.94. The Hall–Kier alpha value is -0.870. The van der Waals surface area contributed by atoms with Crippen LogP contribution in [0.2, 0.25) is 0 Å². The molecule has 1 saturated heterocycles. The lowest BCUT2D eigenvalue weighted by Gasteiger charge is -2.25. The SMILES string of the molecule is C#CCNC(=NC)NCc1ccc(S(=O)(=O)N2CCOCC2)s1.I. The molecule has 0 radical (unpaired) electrons. The third kappa shape index (κ3) is 5.59. The van der Waals surface area contributed by atoms with Crippen molar-refractivity contribution in [2.24, 2.45) is 4.99 Å². The number of morpholine rings is 1. The second kappa shape index (κ2) is 10.2. The minimum atomic E-state index is -3.43. The molecule has 24 heavy (non-hydrogen) atoms. The van der Waals surface area contributed by atoms with Crippen LogP contribution in [0.25, 0.3) is 0 Å². The van der Waals surface area contributed by atoms with Crippen LogP contribution in [0, 0.1) is 12.3 Å². The quantitative estimate of drug-likeness (QED) is 0.278. The Morgan fingerprint density at radius 2 is 2.12 bits per heavy atom. The number of terminal acetylenes is 1. The molecule has 1 fully saturated rings. The number of hydrogen-bond acceptors (Lipinski definition) is 5. The number of hydrogen-bond donors (Lipinski definition) is 2. The highest BCUT2D eigenvalue weighted by atomic mass is 127. The number of nitrogens with one attached hydrogen (secondary N) is 2. The van der Waals surface area contributed by atoms with Gasteiger partial charge in [-0.3, -0.25) is 4.99 Å². The molecule has 0 atom stereocenters. The zero-order chi connectivity index (χ0) is 16.7. The largest absolute Gasteiger partial charge is 0.379 e.